The maximum Gasteiger partial charge on any atom is 0.147 e. The van der Waals surface area contributed by atoms with Gasteiger partial charge in [0, 0.05) is 4.90 Å². The Bertz CT molecular complexity index is 924. The summed E-state index contributed by atoms with van der Waals surface area (Å²) in [7, 11) is 1.68. The van der Waals surface area contributed by atoms with Gasteiger partial charge in [-0.05, 0) is 54.2 Å². The Morgan fingerprint density at radius 3 is 2.37 bits per heavy atom. The molecule has 0 aliphatic heterocycles. The normalized spacial score (nSPS) is 11.6. The molecular formula is C22H27N3OS. The number of benzene rings is 2. The molecule has 3 aromatic rings. The highest BCUT2D eigenvalue weighted by molar-refractivity contribution is 7.99. The summed E-state index contributed by atoms with van der Waals surface area (Å²) in [5, 5.41) is 9.82. The number of methoxy groups -OCH3 is 1. The molecule has 1 aromatic heterocycles. The van der Waals surface area contributed by atoms with Crippen LogP contribution in [-0.2, 0) is 11.8 Å². The van der Waals surface area contributed by atoms with Gasteiger partial charge in [0.15, 0.2) is 0 Å². The van der Waals surface area contributed by atoms with Crippen LogP contribution in [-0.4, -0.2) is 22.1 Å². The predicted molar refractivity (Wildman–Crippen MR) is 111 cm³/mol. The molecule has 0 fully saturated rings. The molecule has 3 rings (SSSR count). The van der Waals surface area contributed by atoms with E-state index in [0.717, 1.165) is 34.1 Å². The van der Waals surface area contributed by atoms with Gasteiger partial charge in [-0.25, -0.2) is 4.68 Å². The number of ether oxygens (including phenoxy) is 1. The van der Waals surface area contributed by atoms with Gasteiger partial charge in [0.05, 0.1) is 12.8 Å². The Morgan fingerprint density at radius 1 is 1.07 bits per heavy atom. The lowest BCUT2D eigenvalue weighted by Gasteiger charge is -2.19. The SMILES string of the molecule is CCc1c(Sc2ccc(C(C)(C)C)cc2)nnn1-c1cc(C)ccc1OC. The second kappa shape index (κ2) is 7.77. The molecule has 5 heteroatoms. The molecule has 0 N–H and O–H groups in total. The Labute approximate surface area is 165 Å². The largest absolute Gasteiger partial charge is 0.494 e. The lowest BCUT2D eigenvalue weighted by molar-refractivity contribution is 0.411. The average molecular weight is 382 g/mol. The van der Waals surface area contributed by atoms with E-state index in [4.69, 9.17) is 4.74 Å². The summed E-state index contributed by atoms with van der Waals surface area (Å²) in [6.45, 7) is 10.9. The van der Waals surface area contributed by atoms with Crippen LogP contribution in [0.15, 0.2) is 52.4 Å². The van der Waals surface area contributed by atoms with Crippen LogP contribution in [0.5, 0.6) is 5.75 Å². The Balaban J connectivity index is 1.94. The standard InChI is InChI=1S/C22H27N3OS/c1-7-18-21(27-17-11-9-16(10-12-17)22(3,4)5)23-24-25(18)19-14-15(2)8-13-20(19)26-6/h8-14H,7H2,1-6H3. The van der Waals surface area contributed by atoms with Crippen molar-refractivity contribution in [3.63, 3.8) is 0 Å². The molecule has 27 heavy (non-hydrogen) atoms. The van der Waals surface area contributed by atoms with E-state index in [-0.39, 0.29) is 5.41 Å². The van der Waals surface area contributed by atoms with Crippen molar-refractivity contribution in [3.8, 4) is 11.4 Å². The molecule has 142 valence electrons. The van der Waals surface area contributed by atoms with Crippen LogP contribution in [0.1, 0.15) is 44.5 Å². The summed E-state index contributed by atoms with van der Waals surface area (Å²) < 4.78 is 7.43. The van der Waals surface area contributed by atoms with E-state index in [1.807, 2.05) is 16.8 Å². The van der Waals surface area contributed by atoms with Crippen molar-refractivity contribution in [1.82, 2.24) is 15.0 Å². The highest BCUT2D eigenvalue weighted by Crippen LogP contribution is 2.33. The van der Waals surface area contributed by atoms with Crippen molar-refractivity contribution in [2.24, 2.45) is 0 Å². The van der Waals surface area contributed by atoms with E-state index < -0.39 is 0 Å². The third kappa shape index (κ3) is 4.19. The van der Waals surface area contributed by atoms with Crippen molar-refractivity contribution in [2.75, 3.05) is 7.11 Å². The first-order chi connectivity index (χ1) is 12.8. The number of aromatic nitrogens is 3. The van der Waals surface area contributed by atoms with E-state index in [1.165, 1.54) is 10.5 Å². The first-order valence-corrected chi connectivity index (χ1v) is 10.0. The lowest BCUT2D eigenvalue weighted by atomic mass is 9.87. The van der Waals surface area contributed by atoms with Crippen molar-refractivity contribution < 1.29 is 4.74 Å². The van der Waals surface area contributed by atoms with Crippen LogP contribution in [0.4, 0.5) is 0 Å². The van der Waals surface area contributed by atoms with Gasteiger partial charge in [-0.3, -0.25) is 0 Å². The van der Waals surface area contributed by atoms with Gasteiger partial charge in [-0.1, -0.05) is 62.9 Å². The zero-order chi connectivity index (χ0) is 19.6. The van der Waals surface area contributed by atoms with Crippen molar-refractivity contribution in [1.29, 1.82) is 0 Å². The number of hydrogen-bond acceptors (Lipinski definition) is 4. The first-order valence-electron chi connectivity index (χ1n) is 9.21. The topological polar surface area (TPSA) is 39.9 Å². The monoisotopic (exact) mass is 381 g/mol. The summed E-state index contributed by atoms with van der Waals surface area (Å²) >= 11 is 1.66. The molecule has 1 heterocycles. The van der Waals surface area contributed by atoms with Crippen molar-refractivity contribution >= 4 is 11.8 Å². The summed E-state index contributed by atoms with van der Waals surface area (Å²) in [5.41, 5.74) is 4.66. The van der Waals surface area contributed by atoms with Crippen LogP contribution < -0.4 is 4.74 Å². The van der Waals surface area contributed by atoms with Gasteiger partial charge in [-0.2, -0.15) is 0 Å². The van der Waals surface area contributed by atoms with E-state index in [0.29, 0.717) is 0 Å². The zero-order valence-electron chi connectivity index (χ0n) is 16.9. The lowest BCUT2D eigenvalue weighted by Crippen LogP contribution is -2.10. The van der Waals surface area contributed by atoms with Gasteiger partial charge in [0.2, 0.25) is 0 Å². The summed E-state index contributed by atoms with van der Waals surface area (Å²) in [6.07, 6.45) is 0.840. The number of hydrogen-bond donors (Lipinski definition) is 0. The molecule has 0 atom stereocenters. The predicted octanol–water partition coefficient (Wildman–Crippen LogP) is 5.60. The van der Waals surface area contributed by atoms with Gasteiger partial charge in [0.25, 0.3) is 0 Å². The van der Waals surface area contributed by atoms with E-state index in [9.17, 15) is 0 Å². The summed E-state index contributed by atoms with van der Waals surface area (Å²) in [5.74, 6) is 0.797. The minimum absolute atomic E-state index is 0.155. The quantitative estimate of drug-likeness (QED) is 0.577. The summed E-state index contributed by atoms with van der Waals surface area (Å²) in [6, 6.07) is 14.8. The second-order valence-electron chi connectivity index (χ2n) is 7.66. The molecular weight excluding hydrogens is 354 g/mol. The highest BCUT2D eigenvalue weighted by atomic mass is 32.2. The van der Waals surface area contributed by atoms with Crippen LogP contribution in [0.3, 0.4) is 0 Å². The van der Waals surface area contributed by atoms with Crippen LogP contribution in [0, 0.1) is 6.92 Å². The Kier molecular flexibility index (Phi) is 5.61. The highest BCUT2D eigenvalue weighted by Gasteiger charge is 2.18. The molecule has 0 aliphatic rings. The van der Waals surface area contributed by atoms with E-state index in [1.54, 1.807) is 18.9 Å². The van der Waals surface area contributed by atoms with E-state index >= 15 is 0 Å². The fourth-order valence-electron chi connectivity index (χ4n) is 2.96. The fraction of sp³-hybridized carbons (Fsp3) is 0.364. The van der Waals surface area contributed by atoms with Crippen LogP contribution in [0.2, 0.25) is 0 Å². The minimum atomic E-state index is 0.155. The average Bonchev–Trinajstić information content (AvgIpc) is 3.03. The summed E-state index contributed by atoms with van der Waals surface area (Å²) in [4.78, 5) is 1.17. The third-order valence-electron chi connectivity index (χ3n) is 4.56. The van der Waals surface area contributed by atoms with Gasteiger partial charge in [-0.15, -0.1) is 5.10 Å². The third-order valence-corrected chi connectivity index (χ3v) is 5.58. The molecule has 0 unspecified atom stereocenters. The molecule has 0 radical (unpaired) electrons. The fourth-order valence-corrected chi connectivity index (χ4v) is 3.88. The smallest absolute Gasteiger partial charge is 0.147 e. The van der Waals surface area contributed by atoms with Gasteiger partial charge >= 0.3 is 0 Å². The number of nitrogens with zero attached hydrogens (tertiary/aromatic N) is 3. The molecule has 2 aromatic carbocycles. The van der Waals surface area contributed by atoms with Gasteiger partial charge < -0.3 is 4.74 Å². The van der Waals surface area contributed by atoms with Crippen LogP contribution in [0.25, 0.3) is 5.69 Å². The minimum Gasteiger partial charge on any atom is -0.494 e. The molecule has 4 nitrogen and oxygen atoms in total. The van der Waals surface area contributed by atoms with Gasteiger partial charge in [0.1, 0.15) is 16.5 Å². The van der Waals surface area contributed by atoms with E-state index in [2.05, 4.69) is 75.3 Å². The molecule has 0 spiro atoms. The number of rotatable bonds is 5. The zero-order valence-corrected chi connectivity index (χ0v) is 17.7. The van der Waals surface area contributed by atoms with Crippen molar-refractivity contribution in [3.05, 3.63) is 59.3 Å². The maximum atomic E-state index is 5.53. The Morgan fingerprint density at radius 2 is 1.78 bits per heavy atom. The molecule has 0 saturated heterocycles. The van der Waals surface area contributed by atoms with Crippen molar-refractivity contribution in [2.45, 2.75) is 56.4 Å². The second-order valence-corrected chi connectivity index (χ2v) is 8.72. The molecule has 0 amide bonds. The molecule has 0 aliphatic carbocycles. The number of aryl methyl sites for hydroxylation is 1. The van der Waals surface area contributed by atoms with Crippen LogP contribution >= 0.6 is 11.8 Å². The molecule has 0 saturated carbocycles. The maximum absolute atomic E-state index is 5.53. The first kappa shape index (κ1) is 19.5. The Hall–Kier alpha value is -2.27. The molecule has 0 bridgehead atoms.